The smallest absolute Gasteiger partial charge is 0.395 e. The molecule has 1 amide bonds. The minimum Gasteiger partial charge on any atom is -0.395 e. The summed E-state index contributed by atoms with van der Waals surface area (Å²) in [6.07, 6.45) is -4.70. The van der Waals surface area contributed by atoms with Gasteiger partial charge in [-0.2, -0.15) is 18.2 Å². The molecule has 0 spiro atoms. The van der Waals surface area contributed by atoms with Crippen LogP contribution in [0.2, 0.25) is 0 Å². The molecule has 1 N–H and O–H groups in total. The summed E-state index contributed by atoms with van der Waals surface area (Å²) in [5.74, 6) is -1.69. The molecule has 0 bridgehead atoms. The van der Waals surface area contributed by atoms with Crippen molar-refractivity contribution in [3.8, 4) is 11.4 Å². The topological polar surface area (TPSA) is 88.7 Å². The van der Waals surface area contributed by atoms with Gasteiger partial charge in [0.05, 0.1) is 25.2 Å². The number of hydrogen-bond acceptors (Lipinski definition) is 6. The van der Waals surface area contributed by atoms with Crippen molar-refractivity contribution in [2.45, 2.75) is 19.6 Å². The van der Waals surface area contributed by atoms with Gasteiger partial charge in [0.1, 0.15) is 0 Å². The van der Waals surface area contributed by atoms with Crippen molar-refractivity contribution in [3.63, 3.8) is 0 Å². The highest BCUT2D eigenvalue weighted by Crippen LogP contribution is 2.31. The molecule has 0 atom stereocenters. The molecule has 1 saturated heterocycles. The quantitative estimate of drug-likeness (QED) is 0.819. The van der Waals surface area contributed by atoms with Crippen molar-refractivity contribution in [1.29, 1.82) is 0 Å². The highest BCUT2D eigenvalue weighted by Gasteiger charge is 2.43. The second kappa shape index (κ2) is 7.28. The Morgan fingerprint density at radius 1 is 1.30 bits per heavy atom. The first-order valence-electron chi connectivity index (χ1n) is 8.21. The summed E-state index contributed by atoms with van der Waals surface area (Å²) in [7, 11) is 0. The van der Waals surface area contributed by atoms with E-state index in [9.17, 15) is 23.1 Å². The van der Waals surface area contributed by atoms with Gasteiger partial charge in [0.2, 0.25) is 11.7 Å². The average molecular weight is 385 g/mol. The lowest BCUT2D eigenvalue weighted by Crippen LogP contribution is -2.53. The highest BCUT2D eigenvalue weighted by molar-refractivity contribution is 5.83. The van der Waals surface area contributed by atoms with Gasteiger partial charge < -0.3 is 19.3 Å². The summed E-state index contributed by atoms with van der Waals surface area (Å²) >= 11 is 0. The van der Waals surface area contributed by atoms with Gasteiger partial charge in [-0.3, -0.25) is 4.79 Å². The number of alkyl halides is 3. The minimum absolute atomic E-state index is 0.111. The van der Waals surface area contributed by atoms with Crippen molar-refractivity contribution in [3.05, 3.63) is 35.7 Å². The Morgan fingerprint density at radius 2 is 1.96 bits per heavy atom. The van der Waals surface area contributed by atoms with E-state index in [0.29, 0.717) is 18.8 Å². The first-order valence-corrected chi connectivity index (χ1v) is 8.21. The van der Waals surface area contributed by atoms with E-state index in [1.807, 2.05) is 0 Å². The molecule has 1 fully saturated rings. The average Bonchev–Trinajstić information content (AvgIpc) is 3.10. The predicted molar refractivity (Wildman–Crippen MR) is 86.2 cm³/mol. The van der Waals surface area contributed by atoms with Crippen LogP contribution in [0.1, 0.15) is 18.4 Å². The molecule has 3 rings (SSSR count). The number of hydrogen-bond donors (Lipinski definition) is 1. The molecule has 146 valence electrons. The van der Waals surface area contributed by atoms with E-state index in [1.54, 1.807) is 31.2 Å². The van der Waals surface area contributed by atoms with Gasteiger partial charge in [-0.05, 0) is 12.5 Å². The van der Waals surface area contributed by atoms with Crippen LogP contribution < -0.4 is 0 Å². The van der Waals surface area contributed by atoms with E-state index in [0.717, 1.165) is 5.56 Å². The summed E-state index contributed by atoms with van der Waals surface area (Å²) in [4.78, 5) is 17.5. The van der Waals surface area contributed by atoms with Crippen LogP contribution in [-0.4, -0.2) is 52.4 Å². The summed E-state index contributed by atoms with van der Waals surface area (Å²) < 4.78 is 47.0. The molecule has 2 aromatic rings. The van der Waals surface area contributed by atoms with Crippen molar-refractivity contribution >= 4 is 5.91 Å². The predicted octanol–water partition coefficient (Wildman–Crippen LogP) is 2.11. The van der Waals surface area contributed by atoms with Gasteiger partial charge in [0.15, 0.2) is 0 Å². The van der Waals surface area contributed by atoms with Gasteiger partial charge in [-0.25, -0.2) is 0 Å². The van der Waals surface area contributed by atoms with E-state index in [1.165, 1.54) is 4.90 Å². The van der Waals surface area contributed by atoms with Crippen LogP contribution in [-0.2, 0) is 22.3 Å². The van der Waals surface area contributed by atoms with Crippen LogP contribution in [0, 0.1) is 5.41 Å². The lowest BCUT2D eigenvalue weighted by atomic mass is 9.86. The van der Waals surface area contributed by atoms with Crippen molar-refractivity contribution in [2.24, 2.45) is 5.41 Å². The van der Waals surface area contributed by atoms with Crippen LogP contribution in [0.4, 0.5) is 13.2 Å². The first-order chi connectivity index (χ1) is 12.7. The molecule has 0 radical (unpaired) electrons. The third-order valence-corrected chi connectivity index (χ3v) is 4.27. The lowest BCUT2D eigenvalue weighted by Gasteiger charge is -2.40. The summed E-state index contributed by atoms with van der Waals surface area (Å²) in [5, 5.41) is 12.6. The maximum atomic E-state index is 12.6. The second-order valence-corrected chi connectivity index (χ2v) is 6.62. The zero-order valence-corrected chi connectivity index (χ0v) is 14.5. The Hall–Kier alpha value is -2.46. The van der Waals surface area contributed by atoms with Crippen molar-refractivity contribution in [1.82, 2.24) is 15.0 Å². The minimum atomic E-state index is -4.70. The van der Waals surface area contributed by atoms with Crippen LogP contribution >= 0.6 is 0 Å². The molecule has 2 heterocycles. The third-order valence-electron chi connectivity index (χ3n) is 4.27. The highest BCUT2D eigenvalue weighted by atomic mass is 19.4. The normalized spacial score (nSPS) is 16.0. The number of amides is 1. The number of nitrogens with zero attached hydrogens (tertiary/aromatic N) is 3. The monoisotopic (exact) mass is 385 g/mol. The van der Waals surface area contributed by atoms with Gasteiger partial charge in [-0.1, -0.05) is 29.4 Å². The SMILES string of the molecule is CC1(C(=O)N(CCO)Cc2ccc(-c3noc(C(F)(F)F)n3)cc2)COC1. The Balaban J connectivity index is 1.72. The Labute approximate surface area is 152 Å². The van der Waals surface area contributed by atoms with Gasteiger partial charge in [-0.15, -0.1) is 0 Å². The number of carbonyl (C=O) groups excluding carboxylic acids is 1. The lowest BCUT2D eigenvalue weighted by molar-refractivity contribution is -0.169. The van der Waals surface area contributed by atoms with E-state index < -0.39 is 17.5 Å². The number of benzene rings is 1. The second-order valence-electron chi connectivity index (χ2n) is 6.62. The molecule has 1 aromatic carbocycles. The zero-order valence-electron chi connectivity index (χ0n) is 14.5. The zero-order chi connectivity index (χ0) is 19.7. The third kappa shape index (κ3) is 4.11. The molecule has 1 aliphatic heterocycles. The molecule has 0 aliphatic carbocycles. The molecule has 1 aliphatic rings. The molecular weight excluding hydrogens is 367 g/mol. The van der Waals surface area contributed by atoms with E-state index in [2.05, 4.69) is 14.7 Å². The van der Waals surface area contributed by atoms with Crippen LogP contribution in [0.3, 0.4) is 0 Å². The van der Waals surface area contributed by atoms with Crippen LogP contribution in [0.5, 0.6) is 0 Å². The number of aromatic nitrogens is 2. The van der Waals surface area contributed by atoms with Gasteiger partial charge >= 0.3 is 12.1 Å². The summed E-state index contributed by atoms with van der Waals surface area (Å²) in [6, 6.07) is 6.43. The maximum absolute atomic E-state index is 12.6. The number of rotatable bonds is 6. The summed E-state index contributed by atoms with van der Waals surface area (Å²) in [6.45, 7) is 2.74. The Morgan fingerprint density at radius 3 is 2.44 bits per heavy atom. The van der Waals surface area contributed by atoms with E-state index in [-0.39, 0.29) is 31.4 Å². The van der Waals surface area contributed by atoms with Crippen LogP contribution in [0.25, 0.3) is 11.4 Å². The number of halogens is 3. The van der Waals surface area contributed by atoms with E-state index >= 15 is 0 Å². The number of aliphatic hydroxyl groups is 1. The fourth-order valence-corrected chi connectivity index (χ4v) is 2.72. The number of ether oxygens (including phenoxy) is 1. The number of carbonyl (C=O) groups is 1. The molecule has 0 unspecified atom stereocenters. The molecule has 0 saturated carbocycles. The number of aliphatic hydroxyl groups excluding tert-OH is 1. The largest absolute Gasteiger partial charge is 0.471 e. The van der Waals surface area contributed by atoms with Crippen LogP contribution in [0.15, 0.2) is 28.8 Å². The Bertz CT molecular complexity index is 801. The standard InChI is InChI=1S/C17H18F3N3O4/c1-16(9-26-10-16)15(25)23(6-7-24)8-11-2-4-12(5-3-11)13-21-14(27-22-13)17(18,19)20/h2-5,24H,6-10H2,1H3. The fourth-order valence-electron chi connectivity index (χ4n) is 2.72. The molecule has 7 nitrogen and oxygen atoms in total. The fraction of sp³-hybridized carbons (Fsp3) is 0.471. The molecule has 27 heavy (non-hydrogen) atoms. The summed E-state index contributed by atoms with van der Waals surface area (Å²) in [5.41, 5.74) is 0.523. The Kier molecular flexibility index (Phi) is 5.20. The van der Waals surface area contributed by atoms with E-state index in [4.69, 9.17) is 4.74 Å². The van der Waals surface area contributed by atoms with Crippen molar-refractivity contribution < 1.29 is 32.3 Å². The van der Waals surface area contributed by atoms with Gasteiger partial charge in [0, 0.05) is 18.7 Å². The first kappa shape index (κ1) is 19.3. The molecule has 1 aromatic heterocycles. The molecular formula is C17H18F3N3O4. The van der Waals surface area contributed by atoms with Gasteiger partial charge in [0.25, 0.3) is 0 Å². The maximum Gasteiger partial charge on any atom is 0.471 e. The van der Waals surface area contributed by atoms with Crippen molar-refractivity contribution in [2.75, 3.05) is 26.4 Å². The molecule has 10 heteroatoms.